The van der Waals surface area contributed by atoms with E-state index < -0.39 is 0 Å². The molecular formula is C17H17N7OS2. The van der Waals surface area contributed by atoms with Gasteiger partial charge in [-0.05, 0) is 11.3 Å². The number of nitrogens with zero attached hydrogens (tertiary/aromatic N) is 7. The monoisotopic (exact) mass is 399 g/mol. The van der Waals surface area contributed by atoms with Crippen LogP contribution in [0.5, 0.6) is 0 Å². The molecule has 2 fully saturated rings. The van der Waals surface area contributed by atoms with Crippen molar-refractivity contribution >= 4 is 55.2 Å². The molecule has 0 saturated carbocycles. The van der Waals surface area contributed by atoms with E-state index in [1.54, 1.807) is 11.3 Å². The Bertz CT molecular complexity index is 1040. The molecule has 0 atom stereocenters. The van der Waals surface area contributed by atoms with Crippen molar-refractivity contribution in [3.05, 3.63) is 11.6 Å². The standard InChI is InChI=1S/C17H17N7OS2/c18-10-11-9-12-13-14(16(21-22-20-13)24-3-7-26-8-4-24)27-17(12)19-15(11)23-1-5-25-6-2-23/h9H,1-8H2. The second kappa shape index (κ2) is 7.07. The quantitative estimate of drug-likeness (QED) is 0.640. The minimum absolute atomic E-state index is 0.568. The van der Waals surface area contributed by atoms with Crippen LogP contribution in [0.3, 0.4) is 0 Å². The summed E-state index contributed by atoms with van der Waals surface area (Å²) in [5.74, 6) is 3.80. The highest BCUT2D eigenvalue weighted by atomic mass is 32.2. The molecule has 0 unspecified atom stereocenters. The molecule has 0 amide bonds. The summed E-state index contributed by atoms with van der Waals surface area (Å²) >= 11 is 3.55. The van der Waals surface area contributed by atoms with Crippen LogP contribution in [0, 0.1) is 11.3 Å². The fourth-order valence-corrected chi connectivity index (χ4v) is 5.49. The lowest BCUT2D eigenvalue weighted by molar-refractivity contribution is 0.122. The molecule has 27 heavy (non-hydrogen) atoms. The molecule has 2 aliphatic heterocycles. The number of rotatable bonds is 2. The number of thioether (sulfide) groups is 1. The van der Waals surface area contributed by atoms with E-state index in [9.17, 15) is 5.26 Å². The molecule has 3 aromatic heterocycles. The van der Waals surface area contributed by atoms with Gasteiger partial charge in [0.05, 0.1) is 18.8 Å². The summed E-state index contributed by atoms with van der Waals surface area (Å²) in [6, 6.07) is 4.20. The number of pyridine rings is 1. The minimum Gasteiger partial charge on any atom is -0.378 e. The highest BCUT2D eigenvalue weighted by molar-refractivity contribution is 7.99. The third-order valence-electron chi connectivity index (χ3n) is 4.87. The van der Waals surface area contributed by atoms with Gasteiger partial charge in [-0.25, -0.2) is 4.98 Å². The van der Waals surface area contributed by atoms with Crippen LogP contribution < -0.4 is 9.80 Å². The van der Waals surface area contributed by atoms with Crippen LogP contribution >= 0.6 is 23.1 Å². The zero-order valence-corrected chi connectivity index (χ0v) is 16.2. The minimum atomic E-state index is 0.568. The Morgan fingerprint density at radius 2 is 1.81 bits per heavy atom. The number of hydrogen-bond acceptors (Lipinski definition) is 10. The van der Waals surface area contributed by atoms with E-state index in [4.69, 9.17) is 9.72 Å². The fraction of sp³-hybridized carbons (Fsp3) is 0.471. The molecule has 0 spiro atoms. The predicted molar refractivity (Wildman–Crippen MR) is 108 cm³/mol. The maximum Gasteiger partial charge on any atom is 0.172 e. The average Bonchev–Trinajstić information content (AvgIpc) is 3.11. The van der Waals surface area contributed by atoms with Crippen molar-refractivity contribution in [3.63, 3.8) is 0 Å². The van der Waals surface area contributed by atoms with Crippen LogP contribution in [-0.2, 0) is 4.74 Å². The van der Waals surface area contributed by atoms with Gasteiger partial charge >= 0.3 is 0 Å². The number of thiophene rings is 1. The smallest absolute Gasteiger partial charge is 0.172 e. The third kappa shape index (κ3) is 2.96. The maximum atomic E-state index is 9.67. The van der Waals surface area contributed by atoms with Crippen molar-refractivity contribution in [1.82, 2.24) is 20.4 Å². The van der Waals surface area contributed by atoms with Gasteiger partial charge in [0.1, 0.15) is 26.9 Å². The molecule has 0 aliphatic carbocycles. The van der Waals surface area contributed by atoms with Gasteiger partial charge < -0.3 is 14.5 Å². The fourth-order valence-electron chi connectivity index (χ4n) is 3.49. The van der Waals surface area contributed by atoms with Gasteiger partial charge in [-0.15, -0.1) is 21.5 Å². The number of aromatic nitrogens is 4. The molecule has 0 aromatic carbocycles. The van der Waals surface area contributed by atoms with Gasteiger partial charge in [0.2, 0.25) is 0 Å². The van der Waals surface area contributed by atoms with Crippen molar-refractivity contribution in [2.45, 2.75) is 0 Å². The second-order valence-corrected chi connectivity index (χ2v) is 8.64. The Hall–Kier alpha value is -2.22. The van der Waals surface area contributed by atoms with E-state index in [0.717, 1.165) is 69.8 Å². The summed E-state index contributed by atoms with van der Waals surface area (Å²) in [5, 5.41) is 23.2. The third-order valence-corrected chi connectivity index (χ3v) is 6.89. The van der Waals surface area contributed by atoms with Crippen LogP contribution in [0.1, 0.15) is 5.56 Å². The summed E-state index contributed by atoms with van der Waals surface area (Å²) in [5.41, 5.74) is 1.36. The first-order valence-electron chi connectivity index (χ1n) is 8.87. The van der Waals surface area contributed by atoms with Crippen LogP contribution in [-0.4, -0.2) is 71.3 Å². The highest BCUT2D eigenvalue weighted by Crippen LogP contribution is 2.38. The molecular weight excluding hydrogens is 382 g/mol. The summed E-state index contributed by atoms with van der Waals surface area (Å²) in [4.78, 5) is 10.1. The number of morpholine rings is 1. The predicted octanol–water partition coefficient (Wildman–Crippen LogP) is 1.90. The summed E-state index contributed by atoms with van der Waals surface area (Å²) in [6.07, 6.45) is 0. The molecule has 10 heteroatoms. The van der Waals surface area contributed by atoms with Gasteiger partial charge in [0, 0.05) is 43.1 Å². The first-order chi connectivity index (χ1) is 13.3. The Labute approximate surface area is 164 Å². The van der Waals surface area contributed by atoms with E-state index in [0.29, 0.717) is 18.8 Å². The first kappa shape index (κ1) is 16.9. The van der Waals surface area contributed by atoms with Crippen molar-refractivity contribution < 1.29 is 4.74 Å². The van der Waals surface area contributed by atoms with Crippen LogP contribution in [0.15, 0.2) is 6.07 Å². The number of hydrogen-bond donors (Lipinski definition) is 0. The molecule has 0 bridgehead atoms. The Morgan fingerprint density at radius 1 is 1.04 bits per heavy atom. The number of anilines is 2. The van der Waals surface area contributed by atoms with E-state index in [1.165, 1.54) is 0 Å². The zero-order chi connectivity index (χ0) is 18.2. The van der Waals surface area contributed by atoms with Gasteiger partial charge in [-0.1, -0.05) is 0 Å². The molecule has 5 rings (SSSR count). The Balaban J connectivity index is 1.67. The van der Waals surface area contributed by atoms with Gasteiger partial charge in [-0.2, -0.15) is 17.0 Å². The normalized spacial score (nSPS) is 18.2. The molecule has 138 valence electrons. The average molecular weight is 400 g/mol. The lowest BCUT2D eigenvalue weighted by Gasteiger charge is -2.28. The maximum absolute atomic E-state index is 9.67. The van der Waals surface area contributed by atoms with E-state index in [1.807, 2.05) is 17.8 Å². The van der Waals surface area contributed by atoms with Crippen LogP contribution in [0.25, 0.3) is 20.4 Å². The van der Waals surface area contributed by atoms with Crippen molar-refractivity contribution in [3.8, 4) is 6.07 Å². The van der Waals surface area contributed by atoms with E-state index >= 15 is 0 Å². The lowest BCUT2D eigenvalue weighted by atomic mass is 10.2. The number of nitriles is 1. The van der Waals surface area contributed by atoms with E-state index in [-0.39, 0.29) is 0 Å². The topological polar surface area (TPSA) is 91.1 Å². The lowest BCUT2D eigenvalue weighted by Crippen LogP contribution is -2.37. The van der Waals surface area contributed by atoms with Gasteiger partial charge in [-0.3, -0.25) is 0 Å². The molecule has 8 nitrogen and oxygen atoms in total. The van der Waals surface area contributed by atoms with Crippen LogP contribution in [0.4, 0.5) is 11.6 Å². The molecule has 5 heterocycles. The highest BCUT2D eigenvalue weighted by Gasteiger charge is 2.23. The van der Waals surface area contributed by atoms with Crippen molar-refractivity contribution in [2.75, 3.05) is 60.7 Å². The summed E-state index contributed by atoms with van der Waals surface area (Å²) < 4.78 is 6.43. The van der Waals surface area contributed by atoms with Crippen LogP contribution in [0.2, 0.25) is 0 Å². The first-order valence-corrected chi connectivity index (χ1v) is 10.8. The molecule has 0 N–H and O–H groups in total. The zero-order valence-electron chi connectivity index (χ0n) is 14.6. The summed E-state index contributed by atoms with van der Waals surface area (Å²) in [6.45, 7) is 4.73. The molecule has 0 radical (unpaired) electrons. The van der Waals surface area contributed by atoms with E-state index in [2.05, 4.69) is 31.3 Å². The SMILES string of the molecule is N#Cc1cc2c(nc1N1CCOCC1)sc1c(N3CCSCC3)nnnc12. The largest absolute Gasteiger partial charge is 0.378 e. The number of ether oxygens (including phenoxy) is 1. The Kier molecular flexibility index (Phi) is 4.43. The van der Waals surface area contributed by atoms with Crippen molar-refractivity contribution in [1.29, 1.82) is 5.26 Å². The molecule has 2 aliphatic rings. The Morgan fingerprint density at radius 3 is 2.59 bits per heavy atom. The molecule has 2 saturated heterocycles. The van der Waals surface area contributed by atoms with Gasteiger partial charge in [0.15, 0.2) is 5.82 Å². The van der Waals surface area contributed by atoms with Crippen molar-refractivity contribution in [2.24, 2.45) is 0 Å². The van der Waals surface area contributed by atoms with Gasteiger partial charge in [0.25, 0.3) is 0 Å². The number of fused-ring (bicyclic) bond motifs is 3. The second-order valence-electron chi connectivity index (χ2n) is 6.42. The molecule has 3 aromatic rings. The summed E-state index contributed by atoms with van der Waals surface area (Å²) in [7, 11) is 0.